The van der Waals surface area contributed by atoms with Crippen LogP contribution in [0.1, 0.15) is 62.8 Å². The SMILES string of the molecule is c1ccc(C2CCC(N3CCN([C@H]4C[C@@H]5CC[C@@H]4C5)CC3)CC2)cc1. The van der Waals surface area contributed by atoms with Crippen LogP contribution in [0.3, 0.4) is 0 Å². The molecule has 0 spiro atoms. The molecule has 2 nitrogen and oxygen atoms in total. The van der Waals surface area contributed by atoms with E-state index in [0.717, 1.165) is 29.8 Å². The summed E-state index contributed by atoms with van der Waals surface area (Å²) in [4.78, 5) is 5.71. The summed E-state index contributed by atoms with van der Waals surface area (Å²) in [5.41, 5.74) is 1.57. The van der Waals surface area contributed by atoms with Gasteiger partial charge in [-0.25, -0.2) is 0 Å². The second-order valence-corrected chi connectivity index (χ2v) is 9.23. The number of hydrogen-bond donors (Lipinski definition) is 0. The molecule has 0 unspecified atom stereocenters. The molecule has 1 aromatic rings. The lowest BCUT2D eigenvalue weighted by Gasteiger charge is -2.45. The summed E-state index contributed by atoms with van der Waals surface area (Å²) in [5.74, 6) is 2.95. The second-order valence-electron chi connectivity index (χ2n) is 9.23. The molecule has 1 aliphatic heterocycles. The average Bonchev–Trinajstić information content (AvgIpc) is 3.33. The lowest BCUT2D eigenvalue weighted by atomic mass is 9.81. The molecule has 136 valence electrons. The zero-order chi connectivity index (χ0) is 16.6. The Labute approximate surface area is 153 Å². The second kappa shape index (κ2) is 7.04. The Morgan fingerprint density at radius 3 is 2.04 bits per heavy atom. The molecule has 4 aliphatic rings. The Bertz CT molecular complexity index is 555. The Morgan fingerprint density at radius 2 is 1.40 bits per heavy atom. The Morgan fingerprint density at radius 1 is 0.680 bits per heavy atom. The van der Waals surface area contributed by atoms with E-state index in [0.29, 0.717) is 0 Å². The van der Waals surface area contributed by atoms with Gasteiger partial charge in [-0.3, -0.25) is 9.80 Å². The normalized spacial score (nSPS) is 39.8. The first-order chi connectivity index (χ1) is 12.4. The third-order valence-electron chi connectivity index (χ3n) is 8.00. The minimum Gasteiger partial charge on any atom is -0.298 e. The third-order valence-corrected chi connectivity index (χ3v) is 8.00. The number of piperazine rings is 1. The molecule has 25 heavy (non-hydrogen) atoms. The van der Waals surface area contributed by atoms with Crippen LogP contribution in [0.25, 0.3) is 0 Å². The van der Waals surface area contributed by atoms with Crippen molar-refractivity contribution >= 4 is 0 Å². The molecular formula is C23H34N2. The number of fused-ring (bicyclic) bond motifs is 2. The molecule has 1 aromatic carbocycles. The minimum absolute atomic E-state index is 0.813. The monoisotopic (exact) mass is 338 g/mol. The molecule has 3 atom stereocenters. The largest absolute Gasteiger partial charge is 0.298 e. The van der Waals surface area contributed by atoms with E-state index in [1.54, 1.807) is 12.0 Å². The van der Waals surface area contributed by atoms with Gasteiger partial charge in [0.25, 0.3) is 0 Å². The Kier molecular flexibility index (Phi) is 4.60. The van der Waals surface area contributed by atoms with Gasteiger partial charge >= 0.3 is 0 Å². The summed E-state index contributed by atoms with van der Waals surface area (Å²) >= 11 is 0. The van der Waals surface area contributed by atoms with Crippen molar-refractivity contribution in [1.82, 2.24) is 9.80 Å². The molecule has 4 fully saturated rings. The molecule has 0 N–H and O–H groups in total. The van der Waals surface area contributed by atoms with E-state index in [2.05, 4.69) is 40.1 Å². The highest BCUT2D eigenvalue weighted by atomic mass is 15.3. The van der Waals surface area contributed by atoms with Crippen molar-refractivity contribution in [2.24, 2.45) is 11.8 Å². The molecule has 2 heteroatoms. The van der Waals surface area contributed by atoms with E-state index in [4.69, 9.17) is 0 Å². The molecule has 0 radical (unpaired) electrons. The molecule has 0 aromatic heterocycles. The van der Waals surface area contributed by atoms with Gasteiger partial charge in [-0.15, -0.1) is 0 Å². The van der Waals surface area contributed by atoms with Crippen molar-refractivity contribution in [3.63, 3.8) is 0 Å². The average molecular weight is 339 g/mol. The highest BCUT2D eigenvalue weighted by molar-refractivity contribution is 5.20. The highest BCUT2D eigenvalue weighted by Crippen LogP contribution is 2.47. The molecule has 3 saturated carbocycles. The maximum atomic E-state index is 2.87. The molecule has 3 aliphatic carbocycles. The smallest absolute Gasteiger partial charge is 0.0127 e. The first kappa shape index (κ1) is 16.3. The van der Waals surface area contributed by atoms with Gasteiger partial charge in [0.05, 0.1) is 0 Å². The van der Waals surface area contributed by atoms with Crippen molar-refractivity contribution in [3.05, 3.63) is 35.9 Å². The number of rotatable bonds is 3. The van der Waals surface area contributed by atoms with Gasteiger partial charge < -0.3 is 0 Å². The standard InChI is InChI=1S/C23H34N2/c1-2-4-19(5-3-1)20-8-10-22(11-9-20)24-12-14-25(15-13-24)23-17-18-6-7-21(23)16-18/h1-5,18,20-23H,6-17H2/t18-,20?,21-,22?,23+/m1/s1. The fraction of sp³-hybridized carbons (Fsp3) is 0.739. The van der Waals surface area contributed by atoms with Crippen molar-refractivity contribution in [1.29, 1.82) is 0 Å². The number of nitrogens with zero attached hydrogens (tertiary/aromatic N) is 2. The predicted octanol–water partition coefficient (Wildman–Crippen LogP) is 4.52. The van der Waals surface area contributed by atoms with Gasteiger partial charge in [0.15, 0.2) is 0 Å². The van der Waals surface area contributed by atoms with E-state index in [1.807, 2.05) is 0 Å². The molecule has 0 amide bonds. The van der Waals surface area contributed by atoms with E-state index in [9.17, 15) is 0 Å². The first-order valence-corrected chi connectivity index (χ1v) is 10.9. The number of benzene rings is 1. The zero-order valence-corrected chi connectivity index (χ0v) is 15.7. The molecule has 1 heterocycles. The van der Waals surface area contributed by atoms with Crippen LogP contribution in [0.15, 0.2) is 30.3 Å². The third kappa shape index (κ3) is 3.28. The van der Waals surface area contributed by atoms with Crippen LogP contribution >= 0.6 is 0 Å². The maximum absolute atomic E-state index is 2.87. The summed E-state index contributed by atoms with van der Waals surface area (Å²) in [6.45, 7) is 5.34. The van der Waals surface area contributed by atoms with E-state index < -0.39 is 0 Å². The molecule has 5 rings (SSSR count). The van der Waals surface area contributed by atoms with Gasteiger partial charge in [0.2, 0.25) is 0 Å². The summed E-state index contributed by atoms with van der Waals surface area (Å²) in [6.07, 6.45) is 11.7. The first-order valence-electron chi connectivity index (χ1n) is 10.9. The van der Waals surface area contributed by atoms with E-state index in [-0.39, 0.29) is 0 Å². The van der Waals surface area contributed by atoms with Crippen molar-refractivity contribution < 1.29 is 0 Å². The fourth-order valence-electron chi connectivity index (χ4n) is 6.59. The summed E-state index contributed by atoms with van der Waals surface area (Å²) < 4.78 is 0. The Hall–Kier alpha value is -0.860. The zero-order valence-electron chi connectivity index (χ0n) is 15.7. The number of hydrogen-bond acceptors (Lipinski definition) is 2. The summed E-state index contributed by atoms with van der Waals surface area (Å²) in [7, 11) is 0. The van der Waals surface area contributed by atoms with Crippen LogP contribution in [0.4, 0.5) is 0 Å². The van der Waals surface area contributed by atoms with Crippen LogP contribution in [-0.4, -0.2) is 48.1 Å². The predicted molar refractivity (Wildman–Crippen MR) is 104 cm³/mol. The fourth-order valence-corrected chi connectivity index (χ4v) is 6.59. The molecule has 2 bridgehead atoms. The molecular weight excluding hydrogens is 304 g/mol. The van der Waals surface area contributed by atoms with Crippen molar-refractivity contribution in [2.75, 3.05) is 26.2 Å². The maximum Gasteiger partial charge on any atom is 0.0127 e. The van der Waals surface area contributed by atoms with Crippen LogP contribution in [0.5, 0.6) is 0 Å². The van der Waals surface area contributed by atoms with Crippen molar-refractivity contribution in [3.8, 4) is 0 Å². The summed E-state index contributed by atoms with van der Waals surface area (Å²) in [5, 5.41) is 0. The van der Waals surface area contributed by atoms with Gasteiger partial charge in [-0.05, 0) is 68.3 Å². The van der Waals surface area contributed by atoms with Gasteiger partial charge in [-0.2, -0.15) is 0 Å². The van der Waals surface area contributed by atoms with Crippen LogP contribution < -0.4 is 0 Å². The van der Waals surface area contributed by atoms with E-state index in [1.165, 1.54) is 71.1 Å². The van der Waals surface area contributed by atoms with Crippen LogP contribution in [0, 0.1) is 11.8 Å². The van der Waals surface area contributed by atoms with Gasteiger partial charge in [0, 0.05) is 38.3 Å². The highest BCUT2D eigenvalue weighted by Gasteiger charge is 2.43. The quantitative estimate of drug-likeness (QED) is 0.799. The minimum atomic E-state index is 0.813. The Balaban J connectivity index is 1.11. The van der Waals surface area contributed by atoms with E-state index >= 15 is 0 Å². The lowest BCUT2D eigenvalue weighted by molar-refractivity contribution is 0.0394. The lowest BCUT2D eigenvalue weighted by Crippen LogP contribution is -2.54. The molecule has 1 saturated heterocycles. The van der Waals surface area contributed by atoms with Crippen LogP contribution in [-0.2, 0) is 0 Å². The van der Waals surface area contributed by atoms with Gasteiger partial charge in [-0.1, -0.05) is 36.8 Å². The van der Waals surface area contributed by atoms with Crippen LogP contribution in [0.2, 0.25) is 0 Å². The van der Waals surface area contributed by atoms with Gasteiger partial charge in [0.1, 0.15) is 0 Å². The summed E-state index contributed by atoms with van der Waals surface area (Å²) in [6, 6.07) is 13.0. The topological polar surface area (TPSA) is 6.48 Å². The van der Waals surface area contributed by atoms with Crippen molar-refractivity contribution in [2.45, 2.75) is 69.4 Å².